The summed E-state index contributed by atoms with van der Waals surface area (Å²) in [5.74, 6) is -3.82. The topological polar surface area (TPSA) is 79.4 Å². The third-order valence-electron chi connectivity index (χ3n) is 7.92. The maximum atomic E-state index is 14.1. The van der Waals surface area contributed by atoms with Crippen LogP contribution in [-0.2, 0) is 26.7 Å². The van der Waals surface area contributed by atoms with Crippen molar-refractivity contribution in [3.05, 3.63) is 70.8 Å². The molecule has 0 spiro atoms. The van der Waals surface area contributed by atoms with E-state index in [2.05, 4.69) is 11.9 Å². The molecule has 2 aliphatic heterocycles. The summed E-state index contributed by atoms with van der Waals surface area (Å²) in [6, 6.07) is 6.54. The van der Waals surface area contributed by atoms with Gasteiger partial charge in [-0.3, -0.25) is 14.4 Å². The minimum Gasteiger partial charge on any atom is -0.444 e. The Balaban J connectivity index is 0.000000299. The van der Waals surface area contributed by atoms with Crippen LogP contribution in [0.3, 0.4) is 0 Å². The van der Waals surface area contributed by atoms with Gasteiger partial charge < -0.3 is 14.5 Å². The predicted octanol–water partition coefficient (Wildman–Crippen LogP) is 7.87. The molecule has 2 aliphatic rings. The summed E-state index contributed by atoms with van der Waals surface area (Å²) in [4.78, 5) is 44.6. The van der Waals surface area contributed by atoms with Gasteiger partial charge in [-0.15, -0.1) is 0 Å². The summed E-state index contributed by atoms with van der Waals surface area (Å²) < 4.78 is 106. The lowest BCUT2D eigenvalue weighted by Gasteiger charge is -2.33. The molecular weight excluding hydrogens is 682 g/mol. The van der Waals surface area contributed by atoms with Crippen molar-refractivity contribution < 1.29 is 59.1 Å². The molecule has 0 aromatic heterocycles. The zero-order chi connectivity index (χ0) is 38.0. The Morgan fingerprint density at radius 3 is 1.72 bits per heavy atom. The standard InChI is InChI=1S/C18H21F4NO3.C9H18N2O2.C7H4F4/c1-17(2,3)26-16(25)23-9-7-11(8-10-23)15(24)12-5-4-6-13(14(12)19)18(20,21)22;1-10-6-4-8(5-7-10)9(12)11(2)13-3;8-6-4-2-1-3-5(6)7(9,10)11/h4-6,11H,7-10H2,1-3H3;8H,4-7H2,1-3H3;1-4H. The molecule has 8 nitrogen and oxygen atoms in total. The summed E-state index contributed by atoms with van der Waals surface area (Å²) in [5, 5.41) is 1.33. The van der Waals surface area contributed by atoms with Crippen LogP contribution < -0.4 is 0 Å². The maximum Gasteiger partial charge on any atom is 0.419 e. The molecule has 2 heterocycles. The van der Waals surface area contributed by atoms with Gasteiger partial charge in [-0.2, -0.15) is 26.3 Å². The number of piperidine rings is 2. The Kier molecular flexibility index (Phi) is 15.2. The second-order valence-electron chi connectivity index (χ2n) is 12.8. The molecule has 2 saturated heterocycles. The van der Waals surface area contributed by atoms with Crippen molar-refractivity contribution >= 4 is 17.8 Å². The second-order valence-corrected chi connectivity index (χ2v) is 12.8. The van der Waals surface area contributed by atoms with Crippen LogP contribution in [0.4, 0.5) is 39.9 Å². The number of hydrogen-bond donors (Lipinski definition) is 0. The molecule has 280 valence electrons. The summed E-state index contributed by atoms with van der Waals surface area (Å²) in [6.07, 6.45) is -7.58. The summed E-state index contributed by atoms with van der Waals surface area (Å²) >= 11 is 0. The quantitative estimate of drug-likeness (QED) is 0.182. The average Bonchev–Trinajstić information content (AvgIpc) is 3.03. The van der Waals surface area contributed by atoms with Crippen LogP contribution >= 0.6 is 0 Å². The van der Waals surface area contributed by atoms with Crippen molar-refractivity contribution in [1.82, 2.24) is 14.9 Å². The van der Waals surface area contributed by atoms with Gasteiger partial charge >= 0.3 is 18.4 Å². The molecular formula is C34H43F8N3O5. The second kappa shape index (κ2) is 17.9. The number of hydroxylamine groups is 2. The number of rotatable bonds is 4. The molecule has 2 aromatic carbocycles. The molecule has 2 fully saturated rings. The van der Waals surface area contributed by atoms with E-state index in [1.165, 1.54) is 23.1 Å². The maximum absolute atomic E-state index is 14.1. The molecule has 2 aromatic rings. The van der Waals surface area contributed by atoms with E-state index in [4.69, 9.17) is 9.57 Å². The summed E-state index contributed by atoms with van der Waals surface area (Å²) in [5.41, 5.74) is -3.88. The SMILES string of the molecule is CC(C)(C)OC(=O)N1CCC(C(=O)c2cccc(C(F)(F)F)c2F)CC1.CON(C)C(=O)C1CCN(C)CC1.Fc1ccccc1C(F)(F)F. The Morgan fingerprint density at radius 1 is 0.760 bits per heavy atom. The lowest BCUT2D eigenvalue weighted by molar-refractivity contribution is -0.174. The van der Waals surface area contributed by atoms with Crippen molar-refractivity contribution in [2.45, 2.75) is 64.4 Å². The van der Waals surface area contributed by atoms with Crippen molar-refractivity contribution in [3.8, 4) is 0 Å². The fourth-order valence-corrected chi connectivity index (χ4v) is 5.11. The predicted molar refractivity (Wildman–Crippen MR) is 168 cm³/mol. The van der Waals surface area contributed by atoms with Crippen LogP contribution in [0.5, 0.6) is 0 Å². The lowest BCUT2D eigenvalue weighted by atomic mass is 9.88. The van der Waals surface area contributed by atoms with Gasteiger partial charge in [-0.1, -0.05) is 18.2 Å². The first-order valence-electron chi connectivity index (χ1n) is 15.8. The minimum atomic E-state index is -4.86. The van der Waals surface area contributed by atoms with Gasteiger partial charge in [0.1, 0.15) is 17.2 Å². The molecule has 0 saturated carbocycles. The molecule has 0 N–H and O–H groups in total. The molecule has 0 radical (unpaired) electrons. The van der Waals surface area contributed by atoms with Crippen LogP contribution in [0, 0.1) is 23.5 Å². The van der Waals surface area contributed by atoms with Crippen molar-refractivity contribution in [3.63, 3.8) is 0 Å². The summed E-state index contributed by atoms with van der Waals surface area (Å²) in [6.45, 7) is 7.67. The van der Waals surface area contributed by atoms with Gasteiger partial charge in [0.2, 0.25) is 5.91 Å². The number of alkyl halides is 6. The minimum absolute atomic E-state index is 0.107. The number of hydrogen-bond acceptors (Lipinski definition) is 6. The van der Waals surface area contributed by atoms with E-state index in [1.54, 1.807) is 27.8 Å². The van der Waals surface area contributed by atoms with Gasteiger partial charge in [0, 0.05) is 32.0 Å². The Hall–Kier alpha value is -3.79. The highest BCUT2D eigenvalue weighted by molar-refractivity contribution is 5.98. The van der Waals surface area contributed by atoms with Crippen LogP contribution in [-0.4, -0.2) is 85.6 Å². The number of benzene rings is 2. The Labute approximate surface area is 286 Å². The van der Waals surface area contributed by atoms with E-state index >= 15 is 0 Å². The van der Waals surface area contributed by atoms with Crippen LogP contribution in [0.25, 0.3) is 0 Å². The smallest absolute Gasteiger partial charge is 0.419 e. The van der Waals surface area contributed by atoms with E-state index in [9.17, 15) is 49.5 Å². The van der Waals surface area contributed by atoms with Crippen LogP contribution in [0.2, 0.25) is 0 Å². The lowest BCUT2D eigenvalue weighted by Crippen LogP contribution is -2.43. The number of Topliss-reactive ketones (excluding diaryl/α,β-unsaturated/α-hetero) is 1. The Bertz CT molecular complexity index is 1430. The number of likely N-dealkylation sites (tertiary alicyclic amines) is 2. The number of carbonyl (C=O) groups is 3. The van der Waals surface area contributed by atoms with Gasteiger partial charge in [0.05, 0.1) is 23.8 Å². The van der Waals surface area contributed by atoms with Crippen molar-refractivity contribution in [1.29, 1.82) is 0 Å². The van der Waals surface area contributed by atoms with Crippen LogP contribution in [0.1, 0.15) is 67.9 Å². The highest BCUT2D eigenvalue weighted by Crippen LogP contribution is 2.34. The van der Waals surface area contributed by atoms with Gasteiger partial charge in [0.25, 0.3) is 0 Å². The van der Waals surface area contributed by atoms with E-state index in [-0.39, 0.29) is 37.8 Å². The third-order valence-corrected chi connectivity index (χ3v) is 7.92. The molecule has 0 atom stereocenters. The molecule has 50 heavy (non-hydrogen) atoms. The first kappa shape index (κ1) is 42.4. The highest BCUT2D eigenvalue weighted by atomic mass is 19.4. The van der Waals surface area contributed by atoms with E-state index in [0.29, 0.717) is 12.1 Å². The largest absolute Gasteiger partial charge is 0.444 e. The van der Waals surface area contributed by atoms with E-state index < -0.39 is 64.1 Å². The number of ketones is 1. The first-order chi connectivity index (χ1) is 23.1. The van der Waals surface area contributed by atoms with E-state index in [0.717, 1.165) is 50.2 Å². The third kappa shape index (κ3) is 12.8. The average molecular weight is 726 g/mol. The van der Waals surface area contributed by atoms with Gasteiger partial charge in [0.15, 0.2) is 5.78 Å². The Morgan fingerprint density at radius 2 is 1.26 bits per heavy atom. The number of halogens is 8. The molecule has 2 amide bonds. The molecule has 0 unspecified atom stereocenters. The normalized spacial score (nSPS) is 16.4. The number of amides is 2. The van der Waals surface area contributed by atoms with Crippen molar-refractivity contribution in [2.75, 3.05) is 47.4 Å². The van der Waals surface area contributed by atoms with Crippen LogP contribution in [0.15, 0.2) is 42.5 Å². The number of carbonyl (C=O) groups excluding carboxylic acids is 3. The first-order valence-corrected chi connectivity index (χ1v) is 15.8. The van der Waals surface area contributed by atoms with Crippen molar-refractivity contribution in [2.24, 2.45) is 11.8 Å². The number of ether oxygens (including phenoxy) is 1. The monoisotopic (exact) mass is 725 g/mol. The zero-order valence-electron chi connectivity index (χ0n) is 28.8. The molecule has 0 aliphatic carbocycles. The fraction of sp³-hybridized carbons (Fsp3) is 0.559. The molecule has 16 heteroatoms. The fourth-order valence-electron chi connectivity index (χ4n) is 5.11. The van der Waals surface area contributed by atoms with Gasteiger partial charge in [-0.05, 0) is 90.9 Å². The number of nitrogens with zero attached hydrogens (tertiary/aromatic N) is 3. The van der Waals surface area contributed by atoms with E-state index in [1.807, 2.05) is 0 Å². The molecule has 4 rings (SSSR count). The van der Waals surface area contributed by atoms with Gasteiger partial charge in [-0.25, -0.2) is 18.6 Å². The summed E-state index contributed by atoms with van der Waals surface area (Å²) in [7, 11) is 5.27. The highest BCUT2D eigenvalue weighted by Gasteiger charge is 2.38. The zero-order valence-corrected chi connectivity index (χ0v) is 28.8. The molecule has 0 bridgehead atoms.